The highest BCUT2D eigenvalue weighted by atomic mass is 16.5. The second-order valence-electron chi connectivity index (χ2n) is 3.66. The van der Waals surface area contributed by atoms with E-state index in [1.54, 1.807) is 7.11 Å². The van der Waals surface area contributed by atoms with E-state index in [0.717, 1.165) is 19.5 Å². The van der Waals surface area contributed by atoms with Crippen molar-refractivity contribution in [1.29, 1.82) is 0 Å². The molecular weight excluding hydrogens is 180 g/mol. The van der Waals surface area contributed by atoms with Crippen molar-refractivity contribution in [1.82, 2.24) is 15.1 Å². The third-order valence-electron chi connectivity index (χ3n) is 2.58. The van der Waals surface area contributed by atoms with Gasteiger partial charge in [0.15, 0.2) is 0 Å². The number of nitrogens with one attached hydrogen (secondary N) is 1. The highest BCUT2D eigenvalue weighted by Crippen LogP contribution is 2.11. The molecule has 78 valence electrons. The molecule has 5 heteroatoms. The minimum atomic E-state index is 0.341. The highest BCUT2D eigenvalue weighted by Gasteiger charge is 2.23. The molecule has 1 aromatic heterocycles. The van der Waals surface area contributed by atoms with Gasteiger partial charge in [-0.25, -0.2) is 0 Å². The summed E-state index contributed by atoms with van der Waals surface area (Å²) in [7, 11) is 1.75. The predicted octanol–water partition coefficient (Wildman–Crippen LogP) is -0.158. The molecule has 0 aromatic carbocycles. The lowest BCUT2D eigenvalue weighted by Gasteiger charge is -2.09. The van der Waals surface area contributed by atoms with E-state index < -0.39 is 0 Å². The van der Waals surface area contributed by atoms with E-state index in [-0.39, 0.29) is 0 Å². The molecule has 0 unspecified atom stereocenters. The van der Waals surface area contributed by atoms with Crippen molar-refractivity contribution in [2.75, 3.05) is 19.4 Å². The van der Waals surface area contributed by atoms with Gasteiger partial charge in [0.1, 0.15) is 5.82 Å². The average Bonchev–Trinajstić information content (AvgIpc) is 2.76. The SMILES string of the molecule is CO[C@H]1CN[C@H](Cn2ccc(N)n2)C1. The molecule has 1 aromatic rings. The summed E-state index contributed by atoms with van der Waals surface area (Å²) in [6.45, 7) is 1.79. The lowest BCUT2D eigenvalue weighted by Crippen LogP contribution is -2.27. The van der Waals surface area contributed by atoms with Gasteiger partial charge in [0, 0.05) is 25.9 Å². The van der Waals surface area contributed by atoms with Crippen LogP contribution in [-0.2, 0) is 11.3 Å². The van der Waals surface area contributed by atoms with Crippen LogP contribution in [0, 0.1) is 0 Å². The lowest BCUT2D eigenvalue weighted by molar-refractivity contribution is 0.117. The molecule has 2 atom stereocenters. The van der Waals surface area contributed by atoms with E-state index in [1.165, 1.54) is 0 Å². The van der Waals surface area contributed by atoms with Gasteiger partial charge in [-0.1, -0.05) is 0 Å². The van der Waals surface area contributed by atoms with Gasteiger partial charge in [0.2, 0.25) is 0 Å². The van der Waals surface area contributed by atoms with E-state index in [2.05, 4.69) is 10.4 Å². The fourth-order valence-electron chi connectivity index (χ4n) is 1.81. The van der Waals surface area contributed by atoms with Crippen LogP contribution < -0.4 is 11.1 Å². The smallest absolute Gasteiger partial charge is 0.145 e. The highest BCUT2D eigenvalue weighted by molar-refractivity contribution is 5.23. The Labute approximate surface area is 83.2 Å². The summed E-state index contributed by atoms with van der Waals surface area (Å²) in [4.78, 5) is 0. The first-order valence-corrected chi connectivity index (χ1v) is 4.83. The monoisotopic (exact) mass is 196 g/mol. The van der Waals surface area contributed by atoms with Gasteiger partial charge in [-0.2, -0.15) is 5.10 Å². The fourth-order valence-corrected chi connectivity index (χ4v) is 1.81. The largest absolute Gasteiger partial charge is 0.382 e. The molecule has 0 bridgehead atoms. The number of hydrogen-bond donors (Lipinski definition) is 2. The second-order valence-corrected chi connectivity index (χ2v) is 3.66. The number of nitrogens with zero attached hydrogens (tertiary/aromatic N) is 2. The van der Waals surface area contributed by atoms with Crippen LogP contribution in [0.15, 0.2) is 12.3 Å². The average molecular weight is 196 g/mol. The van der Waals surface area contributed by atoms with E-state index >= 15 is 0 Å². The van der Waals surface area contributed by atoms with Crippen LogP contribution in [0.3, 0.4) is 0 Å². The maximum atomic E-state index is 5.53. The Balaban J connectivity index is 1.87. The predicted molar refractivity (Wildman–Crippen MR) is 53.8 cm³/mol. The molecule has 2 heterocycles. The van der Waals surface area contributed by atoms with Crippen molar-refractivity contribution < 1.29 is 4.74 Å². The summed E-state index contributed by atoms with van der Waals surface area (Å²) in [5.41, 5.74) is 5.53. The molecule has 0 aliphatic carbocycles. The van der Waals surface area contributed by atoms with Crippen molar-refractivity contribution in [2.24, 2.45) is 0 Å². The molecule has 1 saturated heterocycles. The van der Waals surface area contributed by atoms with Gasteiger partial charge in [-0.05, 0) is 12.5 Å². The van der Waals surface area contributed by atoms with Crippen LogP contribution in [0.25, 0.3) is 0 Å². The molecule has 3 N–H and O–H groups in total. The number of nitrogens with two attached hydrogens (primary N) is 1. The normalized spacial score (nSPS) is 26.9. The molecular formula is C9H16N4O. The maximum Gasteiger partial charge on any atom is 0.145 e. The number of aromatic nitrogens is 2. The van der Waals surface area contributed by atoms with Gasteiger partial charge in [-0.15, -0.1) is 0 Å². The Morgan fingerprint density at radius 1 is 1.79 bits per heavy atom. The maximum absolute atomic E-state index is 5.53. The van der Waals surface area contributed by atoms with E-state index in [1.807, 2.05) is 16.9 Å². The molecule has 14 heavy (non-hydrogen) atoms. The number of rotatable bonds is 3. The summed E-state index contributed by atoms with van der Waals surface area (Å²) in [5.74, 6) is 0.575. The van der Waals surface area contributed by atoms with Crippen molar-refractivity contribution in [2.45, 2.75) is 25.1 Å². The summed E-state index contributed by atoms with van der Waals surface area (Å²) in [5, 5.41) is 7.53. The topological polar surface area (TPSA) is 65.1 Å². The molecule has 0 spiro atoms. The third kappa shape index (κ3) is 2.05. The van der Waals surface area contributed by atoms with E-state index in [4.69, 9.17) is 10.5 Å². The van der Waals surface area contributed by atoms with Crippen LogP contribution in [0.2, 0.25) is 0 Å². The zero-order valence-corrected chi connectivity index (χ0v) is 8.31. The van der Waals surface area contributed by atoms with Gasteiger partial charge in [0.05, 0.1) is 12.6 Å². The third-order valence-corrected chi connectivity index (χ3v) is 2.58. The number of hydrogen-bond acceptors (Lipinski definition) is 4. The first-order valence-electron chi connectivity index (χ1n) is 4.83. The molecule has 1 aliphatic rings. The van der Waals surface area contributed by atoms with Gasteiger partial charge in [-0.3, -0.25) is 4.68 Å². The molecule has 0 radical (unpaired) electrons. The molecule has 2 rings (SSSR count). The lowest BCUT2D eigenvalue weighted by atomic mass is 10.2. The van der Waals surface area contributed by atoms with Crippen molar-refractivity contribution in [3.8, 4) is 0 Å². The minimum absolute atomic E-state index is 0.341. The summed E-state index contributed by atoms with van der Waals surface area (Å²) >= 11 is 0. The van der Waals surface area contributed by atoms with Crippen molar-refractivity contribution in [3.05, 3.63) is 12.3 Å². The van der Waals surface area contributed by atoms with Crippen LogP contribution in [0.5, 0.6) is 0 Å². The molecule has 1 aliphatic heterocycles. The number of anilines is 1. The minimum Gasteiger partial charge on any atom is -0.382 e. The number of methoxy groups -OCH3 is 1. The number of nitrogen functional groups attached to an aromatic ring is 1. The molecule has 1 fully saturated rings. The summed E-state index contributed by atoms with van der Waals surface area (Å²) in [6.07, 6.45) is 3.28. The van der Waals surface area contributed by atoms with Gasteiger partial charge in [0.25, 0.3) is 0 Å². The van der Waals surface area contributed by atoms with E-state index in [9.17, 15) is 0 Å². The summed E-state index contributed by atoms with van der Waals surface area (Å²) < 4.78 is 7.13. The van der Waals surface area contributed by atoms with Crippen molar-refractivity contribution >= 4 is 5.82 Å². The summed E-state index contributed by atoms with van der Waals surface area (Å²) in [6, 6.07) is 2.25. The zero-order chi connectivity index (χ0) is 9.97. The molecule has 0 amide bonds. The number of ether oxygens (including phenoxy) is 1. The van der Waals surface area contributed by atoms with Gasteiger partial charge >= 0.3 is 0 Å². The van der Waals surface area contributed by atoms with Crippen LogP contribution in [0.1, 0.15) is 6.42 Å². The molecule has 5 nitrogen and oxygen atoms in total. The zero-order valence-electron chi connectivity index (χ0n) is 8.31. The van der Waals surface area contributed by atoms with Gasteiger partial charge < -0.3 is 15.8 Å². The van der Waals surface area contributed by atoms with Crippen LogP contribution >= 0.6 is 0 Å². The Morgan fingerprint density at radius 3 is 3.21 bits per heavy atom. The standard InChI is InChI=1S/C9H16N4O/c1-14-8-4-7(11-5-8)6-13-3-2-9(10)12-13/h2-3,7-8,11H,4-6H2,1H3,(H2,10,12)/t7-,8+/m0/s1. The first kappa shape index (κ1) is 9.48. The Kier molecular flexibility index (Phi) is 2.69. The van der Waals surface area contributed by atoms with E-state index in [0.29, 0.717) is 18.0 Å². The Bertz CT molecular complexity index is 299. The Hall–Kier alpha value is -1.07. The first-order chi connectivity index (χ1) is 6.78. The van der Waals surface area contributed by atoms with Crippen LogP contribution in [-0.4, -0.2) is 35.6 Å². The molecule has 0 saturated carbocycles. The van der Waals surface area contributed by atoms with Crippen LogP contribution in [0.4, 0.5) is 5.82 Å². The fraction of sp³-hybridized carbons (Fsp3) is 0.667. The Morgan fingerprint density at radius 2 is 2.64 bits per heavy atom. The van der Waals surface area contributed by atoms with Crippen molar-refractivity contribution in [3.63, 3.8) is 0 Å². The second kappa shape index (κ2) is 3.98. The quantitative estimate of drug-likeness (QED) is 0.705.